The number of allylic oxidation sites excluding steroid dienone is 5. The largest absolute Gasteiger partial charge is 0.430 e. The number of hydrogen-bond donors (Lipinski definition) is 0. The van der Waals surface area contributed by atoms with E-state index in [4.69, 9.17) is 4.74 Å². The van der Waals surface area contributed by atoms with Crippen LogP contribution in [0.25, 0.3) is 0 Å². The summed E-state index contributed by atoms with van der Waals surface area (Å²) in [6.45, 7) is 4.55. The van der Waals surface area contributed by atoms with Gasteiger partial charge in [0.1, 0.15) is 11.7 Å². The highest BCUT2D eigenvalue weighted by Crippen LogP contribution is 2.32. The van der Waals surface area contributed by atoms with Gasteiger partial charge in [0.15, 0.2) is 0 Å². The first-order valence-electron chi connectivity index (χ1n) is 23.0. The summed E-state index contributed by atoms with van der Waals surface area (Å²) in [5.41, 5.74) is 0. The second-order valence-corrected chi connectivity index (χ2v) is 15.9. The Kier molecular flexibility index (Phi) is 36.4. The molecule has 0 spiro atoms. The van der Waals surface area contributed by atoms with Gasteiger partial charge in [-0.3, -0.25) is 4.79 Å². The fourth-order valence-electron chi connectivity index (χ4n) is 7.41. The summed E-state index contributed by atoms with van der Waals surface area (Å²) in [5, 5.41) is 0. The molecular weight excluding hydrogens is 609 g/mol. The fourth-order valence-corrected chi connectivity index (χ4v) is 7.41. The minimum Gasteiger partial charge on any atom is -0.430 e. The molecule has 0 aromatic heterocycles. The zero-order chi connectivity index (χ0) is 35.8. The van der Waals surface area contributed by atoms with E-state index in [2.05, 4.69) is 44.2 Å². The summed E-state index contributed by atoms with van der Waals surface area (Å²) in [5.74, 6) is 1.08. The molecule has 2 heteroatoms. The molecule has 1 atom stereocenters. The van der Waals surface area contributed by atoms with Crippen LogP contribution in [-0.2, 0) is 9.53 Å². The van der Waals surface area contributed by atoms with E-state index in [1.165, 1.54) is 231 Å². The molecule has 50 heavy (non-hydrogen) atoms. The molecule has 1 saturated heterocycles. The van der Waals surface area contributed by atoms with Crippen LogP contribution in [0, 0.1) is 5.92 Å². The van der Waals surface area contributed by atoms with Crippen molar-refractivity contribution in [2.24, 2.45) is 5.92 Å². The van der Waals surface area contributed by atoms with Gasteiger partial charge in [-0.2, -0.15) is 0 Å². The number of esters is 1. The molecule has 292 valence electrons. The van der Waals surface area contributed by atoms with Crippen molar-refractivity contribution < 1.29 is 9.53 Å². The molecule has 0 radical (unpaired) electrons. The van der Waals surface area contributed by atoms with E-state index in [1.807, 2.05) is 0 Å². The van der Waals surface area contributed by atoms with Crippen LogP contribution in [0.2, 0.25) is 0 Å². The summed E-state index contributed by atoms with van der Waals surface area (Å²) >= 11 is 0. The Balaban J connectivity index is 1.80. The van der Waals surface area contributed by atoms with Gasteiger partial charge in [-0.15, -0.1) is 0 Å². The van der Waals surface area contributed by atoms with Gasteiger partial charge in [0.05, 0.1) is 0 Å². The second-order valence-electron chi connectivity index (χ2n) is 15.9. The smallest absolute Gasteiger partial charge is 0.321 e. The fraction of sp³-hybridized carbons (Fsp3) is 0.854. The molecule has 0 N–H and O–H groups in total. The van der Waals surface area contributed by atoms with Gasteiger partial charge in [-0.1, -0.05) is 212 Å². The van der Waals surface area contributed by atoms with Crippen LogP contribution in [0.15, 0.2) is 36.1 Å². The maximum atomic E-state index is 12.0. The standard InChI is InChI=1S/C48H88O2/c1-3-5-7-9-11-13-15-17-19-21-23-25-27-29-31-33-35-37-39-41-43-45-47-46(48(49)50-47)44-42-40-38-36-34-32-30-28-26-24-22-20-18-16-14-12-10-8-6-4-2/h11-14,45-46H,3-10,15-44H2,1-2H3/b13-11+,14-12+,47-45+. The molecule has 1 fully saturated rings. The molecule has 0 saturated carbocycles. The Labute approximate surface area is 314 Å². The maximum absolute atomic E-state index is 12.0. The van der Waals surface area contributed by atoms with Crippen LogP contribution < -0.4 is 0 Å². The third-order valence-corrected chi connectivity index (χ3v) is 10.9. The van der Waals surface area contributed by atoms with Gasteiger partial charge in [-0.25, -0.2) is 0 Å². The van der Waals surface area contributed by atoms with Crippen LogP contribution in [0.1, 0.15) is 258 Å². The van der Waals surface area contributed by atoms with E-state index >= 15 is 0 Å². The number of carbonyl (C=O) groups is 1. The lowest BCUT2D eigenvalue weighted by Crippen LogP contribution is -2.32. The lowest BCUT2D eigenvalue weighted by atomic mass is 9.93. The van der Waals surface area contributed by atoms with E-state index in [-0.39, 0.29) is 11.9 Å². The monoisotopic (exact) mass is 697 g/mol. The number of ether oxygens (including phenoxy) is 1. The average Bonchev–Trinajstić information content (AvgIpc) is 3.12. The highest BCUT2D eigenvalue weighted by molar-refractivity contribution is 5.82. The van der Waals surface area contributed by atoms with Gasteiger partial charge in [0.25, 0.3) is 0 Å². The van der Waals surface area contributed by atoms with Gasteiger partial charge in [0.2, 0.25) is 0 Å². The third-order valence-electron chi connectivity index (χ3n) is 10.9. The number of hydrogen-bond acceptors (Lipinski definition) is 2. The highest BCUT2D eigenvalue weighted by Gasteiger charge is 2.36. The Hall–Kier alpha value is -1.31. The first kappa shape index (κ1) is 46.7. The molecule has 0 amide bonds. The third kappa shape index (κ3) is 31.4. The predicted octanol–water partition coefficient (Wildman–Crippen LogP) is 17.0. The summed E-state index contributed by atoms with van der Waals surface area (Å²) in [4.78, 5) is 12.0. The molecule has 1 aliphatic heterocycles. The Morgan fingerprint density at radius 3 is 0.980 bits per heavy atom. The molecule has 1 unspecified atom stereocenters. The van der Waals surface area contributed by atoms with E-state index in [0.717, 1.165) is 18.6 Å². The van der Waals surface area contributed by atoms with Crippen molar-refractivity contribution in [1.82, 2.24) is 0 Å². The van der Waals surface area contributed by atoms with Crippen LogP contribution in [0.3, 0.4) is 0 Å². The summed E-state index contributed by atoms with van der Waals surface area (Å²) < 4.78 is 5.41. The minimum absolute atomic E-state index is 0.0202. The molecular formula is C48H88O2. The molecule has 1 rings (SSSR count). The van der Waals surface area contributed by atoms with Gasteiger partial charge in [-0.05, 0) is 76.7 Å². The van der Waals surface area contributed by atoms with E-state index in [1.54, 1.807) is 0 Å². The van der Waals surface area contributed by atoms with E-state index in [0.29, 0.717) is 0 Å². The lowest BCUT2D eigenvalue weighted by molar-refractivity contribution is -0.157. The number of rotatable bonds is 40. The maximum Gasteiger partial charge on any atom is 0.321 e. The van der Waals surface area contributed by atoms with Crippen molar-refractivity contribution in [3.63, 3.8) is 0 Å². The van der Waals surface area contributed by atoms with Crippen molar-refractivity contribution in [2.75, 3.05) is 0 Å². The Morgan fingerprint density at radius 2 is 0.660 bits per heavy atom. The normalized spacial score (nSPS) is 15.5. The van der Waals surface area contributed by atoms with Gasteiger partial charge in [0, 0.05) is 0 Å². The second kappa shape index (κ2) is 38.9. The van der Waals surface area contributed by atoms with Crippen LogP contribution in [0.5, 0.6) is 0 Å². The molecule has 1 heterocycles. The van der Waals surface area contributed by atoms with Crippen molar-refractivity contribution >= 4 is 5.97 Å². The van der Waals surface area contributed by atoms with E-state index in [9.17, 15) is 4.79 Å². The van der Waals surface area contributed by atoms with Crippen LogP contribution >= 0.6 is 0 Å². The SMILES string of the molecule is CCCCC/C=C/CCCCCCCCCCCCCCC/C=C1/OC(=O)C1CCCCCCCCCCCCCCC/C=C/CCCCC. The molecule has 2 nitrogen and oxygen atoms in total. The highest BCUT2D eigenvalue weighted by atomic mass is 16.6. The van der Waals surface area contributed by atoms with E-state index < -0.39 is 0 Å². The van der Waals surface area contributed by atoms with Gasteiger partial charge >= 0.3 is 5.97 Å². The minimum atomic E-state index is 0.0202. The zero-order valence-electron chi connectivity index (χ0n) is 34.2. The first-order chi connectivity index (χ1) is 24.8. The number of cyclic esters (lactones) is 1. The lowest BCUT2D eigenvalue weighted by Gasteiger charge is -2.28. The quantitative estimate of drug-likeness (QED) is 0.0362. The molecule has 0 aromatic rings. The molecule has 0 aliphatic carbocycles. The van der Waals surface area contributed by atoms with Crippen molar-refractivity contribution in [1.29, 1.82) is 0 Å². The van der Waals surface area contributed by atoms with Crippen molar-refractivity contribution in [3.8, 4) is 0 Å². The molecule has 1 aliphatic rings. The summed E-state index contributed by atoms with van der Waals surface area (Å²) in [7, 11) is 0. The number of carbonyl (C=O) groups excluding carboxylic acids is 1. The predicted molar refractivity (Wildman–Crippen MR) is 223 cm³/mol. The summed E-state index contributed by atoms with van der Waals surface area (Å²) in [6.07, 6.45) is 63.1. The summed E-state index contributed by atoms with van der Waals surface area (Å²) in [6, 6.07) is 0. The molecule has 0 aromatic carbocycles. The topological polar surface area (TPSA) is 26.3 Å². The number of unbranched alkanes of at least 4 members (excludes halogenated alkanes) is 33. The van der Waals surface area contributed by atoms with Crippen LogP contribution in [-0.4, -0.2) is 5.97 Å². The Morgan fingerprint density at radius 1 is 0.380 bits per heavy atom. The first-order valence-corrected chi connectivity index (χ1v) is 23.0. The molecule has 0 bridgehead atoms. The van der Waals surface area contributed by atoms with Crippen LogP contribution in [0.4, 0.5) is 0 Å². The Bertz CT molecular complexity index is 792. The van der Waals surface area contributed by atoms with Gasteiger partial charge < -0.3 is 4.74 Å². The average molecular weight is 697 g/mol. The van der Waals surface area contributed by atoms with Crippen molar-refractivity contribution in [3.05, 3.63) is 36.1 Å². The van der Waals surface area contributed by atoms with Crippen molar-refractivity contribution in [2.45, 2.75) is 258 Å². The zero-order valence-corrected chi connectivity index (χ0v) is 34.2.